The normalized spacial score (nSPS) is 22.1. The van der Waals surface area contributed by atoms with Crippen molar-refractivity contribution >= 4 is 35.3 Å². The smallest absolute Gasteiger partial charge is 0.326 e. The van der Waals surface area contributed by atoms with Gasteiger partial charge in [-0.15, -0.1) is 0 Å². The van der Waals surface area contributed by atoms with Crippen molar-refractivity contribution in [2.45, 2.75) is 63.6 Å². The molecule has 0 radical (unpaired) electrons. The van der Waals surface area contributed by atoms with E-state index in [1.54, 1.807) is 0 Å². The molecule has 3 atom stereocenters. The minimum Gasteiger partial charge on any atom is -0.480 e. The Morgan fingerprint density at radius 3 is 2.43 bits per heavy atom. The molecule has 3 rings (SSSR count). The van der Waals surface area contributed by atoms with Crippen LogP contribution in [-0.4, -0.2) is 51.4 Å². The van der Waals surface area contributed by atoms with Gasteiger partial charge in [0.2, 0.25) is 11.8 Å². The van der Waals surface area contributed by atoms with Crippen LogP contribution in [0.5, 0.6) is 0 Å². The number of hydrogen-bond donors (Lipinski definition) is 5. The van der Waals surface area contributed by atoms with Crippen LogP contribution in [0, 0.1) is 11.8 Å². The SMILES string of the molecule is CC1(C)CC(CC(NC(=O)C(CC2CC2)NC(=O)c2cc(Cl)c[nH]2)C(=O)O)C(=O)N1. The van der Waals surface area contributed by atoms with Gasteiger partial charge in [0, 0.05) is 17.7 Å². The number of rotatable bonds is 9. The molecule has 0 spiro atoms. The lowest BCUT2D eigenvalue weighted by Crippen LogP contribution is -2.52. The number of halogens is 1. The summed E-state index contributed by atoms with van der Waals surface area (Å²) in [5.74, 6) is -2.68. The molecule has 1 saturated carbocycles. The fourth-order valence-electron chi connectivity index (χ4n) is 3.82. The Kier molecular flexibility index (Phi) is 6.40. The Hall–Kier alpha value is -2.55. The first-order valence-corrected chi connectivity index (χ1v) is 10.4. The van der Waals surface area contributed by atoms with Gasteiger partial charge in [0.05, 0.1) is 5.02 Å². The van der Waals surface area contributed by atoms with Gasteiger partial charge in [0.15, 0.2) is 0 Å². The van der Waals surface area contributed by atoms with Gasteiger partial charge < -0.3 is 26.0 Å². The van der Waals surface area contributed by atoms with Gasteiger partial charge in [-0.1, -0.05) is 24.4 Å². The second kappa shape index (κ2) is 8.67. The topological polar surface area (TPSA) is 140 Å². The van der Waals surface area contributed by atoms with E-state index in [1.165, 1.54) is 12.3 Å². The Labute approximate surface area is 179 Å². The molecule has 10 heteroatoms. The summed E-state index contributed by atoms with van der Waals surface area (Å²) < 4.78 is 0. The number of hydrogen-bond acceptors (Lipinski definition) is 4. The van der Waals surface area contributed by atoms with Gasteiger partial charge in [-0.25, -0.2) is 4.79 Å². The first-order valence-electron chi connectivity index (χ1n) is 10.0. The molecule has 1 aromatic heterocycles. The lowest BCUT2D eigenvalue weighted by molar-refractivity contribution is -0.142. The zero-order chi connectivity index (χ0) is 22.1. The molecule has 164 valence electrons. The molecule has 0 bridgehead atoms. The average molecular weight is 439 g/mol. The highest BCUT2D eigenvalue weighted by Gasteiger charge is 2.40. The van der Waals surface area contributed by atoms with Crippen LogP contribution in [0.25, 0.3) is 0 Å². The van der Waals surface area contributed by atoms with E-state index in [2.05, 4.69) is 20.9 Å². The summed E-state index contributed by atoms with van der Waals surface area (Å²) in [6, 6.07) is -0.646. The molecule has 5 N–H and O–H groups in total. The Morgan fingerprint density at radius 1 is 1.23 bits per heavy atom. The number of amides is 3. The van der Waals surface area contributed by atoms with Gasteiger partial charge >= 0.3 is 5.97 Å². The van der Waals surface area contributed by atoms with Crippen LogP contribution >= 0.6 is 11.6 Å². The van der Waals surface area contributed by atoms with Crippen molar-refractivity contribution in [3.05, 3.63) is 23.0 Å². The zero-order valence-corrected chi connectivity index (χ0v) is 17.7. The van der Waals surface area contributed by atoms with Crippen LogP contribution in [0.2, 0.25) is 5.02 Å². The maximum atomic E-state index is 12.9. The molecule has 0 aromatic carbocycles. The van der Waals surface area contributed by atoms with Crippen molar-refractivity contribution in [1.82, 2.24) is 20.9 Å². The van der Waals surface area contributed by atoms with E-state index in [-0.39, 0.29) is 18.0 Å². The molecular formula is C20H27ClN4O5. The maximum Gasteiger partial charge on any atom is 0.326 e. The second-order valence-electron chi connectivity index (χ2n) is 8.85. The van der Waals surface area contributed by atoms with Crippen molar-refractivity contribution in [1.29, 1.82) is 0 Å². The summed E-state index contributed by atoms with van der Waals surface area (Å²) in [7, 11) is 0. The summed E-state index contributed by atoms with van der Waals surface area (Å²) in [5, 5.41) is 18.0. The lowest BCUT2D eigenvalue weighted by atomic mass is 9.91. The number of nitrogens with one attached hydrogen (secondary N) is 4. The van der Waals surface area contributed by atoms with Crippen molar-refractivity contribution in [2.24, 2.45) is 11.8 Å². The van der Waals surface area contributed by atoms with Gasteiger partial charge in [-0.3, -0.25) is 14.4 Å². The average Bonchev–Trinajstić information content (AvgIpc) is 3.28. The third-order valence-corrected chi connectivity index (χ3v) is 5.72. The molecule has 9 nitrogen and oxygen atoms in total. The van der Waals surface area contributed by atoms with Gasteiger partial charge in [-0.05, 0) is 45.1 Å². The van der Waals surface area contributed by atoms with Crippen LogP contribution in [0.15, 0.2) is 12.3 Å². The summed E-state index contributed by atoms with van der Waals surface area (Å²) in [4.78, 5) is 51.9. The summed E-state index contributed by atoms with van der Waals surface area (Å²) in [5.41, 5.74) is -0.192. The Balaban J connectivity index is 1.65. The van der Waals surface area contributed by atoms with Crippen LogP contribution in [0.4, 0.5) is 0 Å². The molecule has 1 aliphatic heterocycles. The quantitative estimate of drug-likeness (QED) is 0.396. The number of carboxylic acid groups (broad SMARTS) is 1. The van der Waals surface area contributed by atoms with E-state index in [1.807, 2.05) is 13.8 Å². The molecule has 2 heterocycles. The Morgan fingerprint density at radius 2 is 1.93 bits per heavy atom. The summed E-state index contributed by atoms with van der Waals surface area (Å²) >= 11 is 5.83. The van der Waals surface area contributed by atoms with E-state index in [9.17, 15) is 24.3 Å². The van der Waals surface area contributed by atoms with Gasteiger partial charge in [-0.2, -0.15) is 0 Å². The van der Waals surface area contributed by atoms with E-state index < -0.39 is 41.3 Å². The van der Waals surface area contributed by atoms with Crippen LogP contribution in [-0.2, 0) is 14.4 Å². The van der Waals surface area contributed by atoms with E-state index in [0.717, 1.165) is 12.8 Å². The molecule has 30 heavy (non-hydrogen) atoms. The molecule has 1 saturated heterocycles. The molecule has 3 amide bonds. The highest BCUT2D eigenvalue weighted by Crippen LogP contribution is 2.34. The standard InChI is InChI=1S/C20H27ClN4O5/c1-20(2)8-11(16(26)25-20)6-15(19(29)30)24-18(28)14(5-10-3-4-10)23-17(27)13-7-12(21)9-22-13/h7,9-11,14-15,22H,3-6,8H2,1-2H3,(H,23,27)(H,24,28)(H,25,26)(H,29,30). The fourth-order valence-corrected chi connectivity index (χ4v) is 3.98. The van der Waals surface area contributed by atoms with Crippen molar-refractivity contribution in [3.8, 4) is 0 Å². The lowest BCUT2D eigenvalue weighted by Gasteiger charge is -2.22. The first-order chi connectivity index (χ1) is 14.0. The van der Waals surface area contributed by atoms with Gasteiger partial charge in [0.25, 0.3) is 5.91 Å². The highest BCUT2D eigenvalue weighted by molar-refractivity contribution is 6.31. The zero-order valence-electron chi connectivity index (χ0n) is 17.0. The van der Waals surface area contributed by atoms with E-state index >= 15 is 0 Å². The number of carbonyl (C=O) groups excluding carboxylic acids is 3. The molecule has 2 fully saturated rings. The van der Waals surface area contributed by atoms with Crippen LogP contribution in [0.1, 0.15) is 56.4 Å². The molecule has 2 aliphatic rings. The van der Waals surface area contributed by atoms with Crippen molar-refractivity contribution in [3.63, 3.8) is 0 Å². The first kappa shape index (κ1) is 22.1. The third kappa shape index (κ3) is 5.75. The monoisotopic (exact) mass is 438 g/mol. The predicted octanol–water partition coefficient (Wildman–Crippen LogP) is 1.44. The largest absolute Gasteiger partial charge is 0.480 e. The number of aliphatic carboxylic acids is 1. The second-order valence-corrected chi connectivity index (χ2v) is 9.28. The molecule has 1 aromatic rings. The van der Waals surface area contributed by atoms with Gasteiger partial charge in [0.1, 0.15) is 17.8 Å². The summed E-state index contributed by atoms with van der Waals surface area (Å²) in [6.07, 6.45) is 4.30. The Bertz CT molecular complexity index is 848. The predicted molar refractivity (Wildman–Crippen MR) is 109 cm³/mol. The van der Waals surface area contributed by atoms with E-state index in [4.69, 9.17) is 11.6 Å². The number of aromatic amines is 1. The number of H-pyrrole nitrogens is 1. The number of aromatic nitrogens is 1. The fraction of sp³-hybridized carbons (Fsp3) is 0.600. The minimum atomic E-state index is -1.22. The summed E-state index contributed by atoms with van der Waals surface area (Å²) in [6.45, 7) is 3.74. The maximum absolute atomic E-state index is 12.9. The van der Waals surface area contributed by atoms with E-state index in [0.29, 0.717) is 23.8 Å². The molecule has 1 aliphatic carbocycles. The van der Waals surface area contributed by atoms with Crippen LogP contribution in [0.3, 0.4) is 0 Å². The highest BCUT2D eigenvalue weighted by atomic mass is 35.5. The number of carboxylic acids is 1. The molecular weight excluding hydrogens is 412 g/mol. The van der Waals surface area contributed by atoms with Crippen molar-refractivity contribution < 1.29 is 24.3 Å². The minimum absolute atomic E-state index is 0.00727. The van der Waals surface area contributed by atoms with Crippen molar-refractivity contribution in [2.75, 3.05) is 0 Å². The molecule has 3 unspecified atom stereocenters. The number of carbonyl (C=O) groups is 4. The third-order valence-electron chi connectivity index (χ3n) is 5.50. The van der Waals surface area contributed by atoms with Crippen LogP contribution < -0.4 is 16.0 Å².